The summed E-state index contributed by atoms with van der Waals surface area (Å²) in [7, 11) is -1.25. The summed E-state index contributed by atoms with van der Waals surface area (Å²) in [6.07, 6.45) is 4.23. The van der Waals surface area contributed by atoms with Crippen LogP contribution in [0.4, 0.5) is 0 Å². The number of likely N-dealkylation sites (tertiary alicyclic amines) is 1. The van der Waals surface area contributed by atoms with Crippen molar-refractivity contribution in [2.75, 3.05) is 46.4 Å². The minimum absolute atomic E-state index is 0.304. The van der Waals surface area contributed by atoms with Crippen LogP contribution >= 0.6 is 0 Å². The molecule has 3 aliphatic rings. The van der Waals surface area contributed by atoms with E-state index in [1.165, 1.54) is 26.3 Å². The van der Waals surface area contributed by atoms with Crippen LogP contribution in [0.1, 0.15) is 23.5 Å². The monoisotopic (exact) mass is 404 g/mol. The fraction of sp³-hybridized carbons (Fsp3) is 0.600. The largest absolute Gasteiger partial charge is 0.379 e. The molecule has 152 valence electrons. The van der Waals surface area contributed by atoms with Crippen LogP contribution in [-0.2, 0) is 21.4 Å². The first kappa shape index (κ1) is 18.6. The van der Waals surface area contributed by atoms with Crippen LogP contribution in [0.2, 0.25) is 0 Å². The molecule has 0 bridgehead atoms. The van der Waals surface area contributed by atoms with Gasteiger partial charge in [-0.3, -0.25) is 0 Å². The number of morpholine rings is 1. The van der Waals surface area contributed by atoms with E-state index in [4.69, 9.17) is 4.74 Å². The second kappa shape index (κ2) is 7.11. The van der Waals surface area contributed by atoms with Gasteiger partial charge in [0.25, 0.3) is 10.2 Å². The zero-order chi connectivity index (χ0) is 19.3. The molecule has 28 heavy (non-hydrogen) atoms. The van der Waals surface area contributed by atoms with Crippen LogP contribution in [0.15, 0.2) is 24.4 Å². The van der Waals surface area contributed by atoms with E-state index < -0.39 is 10.2 Å². The Kier molecular flexibility index (Phi) is 4.71. The Morgan fingerprint density at radius 3 is 2.93 bits per heavy atom. The summed E-state index contributed by atoms with van der Waals surface area (Å²) >= 11 is 0. The average molecular weight is 405 g/mol. The van der Waals surface area contributed by atoms with E-state index in [0.717, 1.165) is 19.4 Å². The van der Waals surface area contributed by atoms with Crippen LogP contribution in [-0.4, -0.2) is 75.1 Å². The molecule has 0 radical (unpaired) electrons. The Labute approximate surface area is 166 Å². The van der Waals surface area contributed by atoms with E-state index in [9.17, 15) is 8.42 Å². The lowest BCUT2D eigenvalue weighted by atomic mass is 9.72. The Balaban J connectivity index is 1.33. The van der Waals surface area contributed by atoms with Gasteiger partial charge in [0.15, 0.2) is 0 Å². The standard InChI is InChI=1S/C20H28N4O3S/c1-23-13-14(11-22-28(25,26)24-5-7-27-8-6-24)9-17-16-3-2-4-18-20(16)15(12-21-18)10-19(17)23/h2-4,12,14,17,19,21-22H,5-11,13H2,1H3/t14-,17+,19+/m0/s1. The number of nitrogens with one attached hydrogen (secondary N) is 2. The Bertz CT molecular complexity index is 967. The fourth-order valence-corrected chi connectivity index (χ4v) is 6.56. The number of piperidine rings is 1. The van der Waals surface area contributed by atoms with Crippen molar-refractivity contribution in [2.45, 2.75) is 24.8 Å². The van der Waals surface area contributed by atoms with Crippen molar-refractivity contribution < 1.29 is 13.2 Å². The summed E-state index contributed by atoms with van der Waals surface area (Å²) in [6.45, 7) is 3.22. The summed E-state index contributed by atoms with van der Waals surface area (Å²) in [5.74, 6) is 0.751. The summed E-state index contributed by atoms with van der Waals surface area (Å²) in [6, 6.07) is 7.01. The molecule has 2 aromatic rings. The van der Waals surface area contributed by atoms with E-state index in [0.29, 0.717) is 50.7 Å². The van der Waals surface area contributed by atoms with Gasteiger partial charge < -0.3 is 14.6 Å². The minimum Gasteiger partial charge on any atom is -0.379 e. The number of hydrogen-bond donors (Lipinski definition) is 2. The summed E-state index contributed by atoms with van der Waals surface area (Å²) in [5.41, 5.74) is 4.03. The van der Waals surface area contributed by atoms with Crippen molar-refractivity contribution in [1.82, 2.24) is 18.9 Å². The molecule has 2 saturated heterocycles. The number of benzene rings is 1. The summed E-state index contributed by atoms with van der Waals surface area (Å²) in [4.78, 5) is 5.84. The lowest BCUT2D eigenvalue weighted by Crippen LogP contribution is -2.52. The molecule has 3 atom stereocenters. The highest BCUT2D eigenvalue weighted by atomic mass is 32.2. The number of aromatic amines is 1. The number of aromatic nitrogens is 1. The molecule has 1 aromatic heterocycles. The van der Waals surface area contributed by atoms with Gasteiger partial charge in [0.05, 0.1) is 13.2 Å². The molecule has 3 heterocycles. The quantitative estimate of drug-likeness (QED) is 0.805. The van der Waals surface area contributed by atoms with Crippen molar-refractivity contribution in [3.63, 3.8) is 0 Å². The number of fused-ring (bicyclic) bond motifs is 2. The van der Waals surface area contributed by atoms with Crippen LogP contribution in [0.25, 0.3) is 10.9 Å². The molecule has 1 aliphatic carbocycles. The van der Waals surface area contributed by atoms with E-state index in [1.807, 2.05) is 0 Å². The number of nitrogens with zero attached hydrogens (tertiary/aromatic N) is 2. The molecular formula is C20H28N4O3S. The lowest BCUT2D eigenvalue weighted by Gasteiger charge is -2.45. The van der Waals surface area contributed by atoms with Gasteiger partial charge in [-0.1, -0.05) is 12.1 Å². The smallest absolute Gasteiger partial charge is 0.279 e. The second-order valence-electron chi connectivity index (χ2n) is 8.37. The van der Waals surface area contributed by atoms with Crippen molar-refractivity contribution in [2.24, 2.45) is 5.92 Å². The zero-order valence-corrected chi connectivity index (χ0v) is 17.0. The average Bonchev–Trinajstić information content (AvgIpc) is 3.12. The highest BCUT2D eigenvalue weighted by Crippen LogP contribution is 2.44. The Morgan fingerprint density at radius 1 is 1.29 bits per heavy atom. The van der Waals surface area contributed by atoms with Crippen LogP contribution in [0.5, 0.6) is 0 Å². The zero-order valence-electron chi connectivity index (χ0n) is 16.2. The van der Waals surface area contributed by atoms with Gasteiger partial charge in [-0.15, -0.1) is 0 Å². The molecule has 5 rings (SSSR count). The van der Waals surface area contributed by atoms with Gasteiger partial charge in [-0.05, 0) is 43.0 Å². The second-order valence-corrected chi connectivity index (χ2v) is 10.1. The number of rotatable bonds is 4. The number of H-pyrrole nitrogens is 1. The topological polar surface area (TPSA) is 77.7 Å². The first-order valence-corrected chi connectivity index (χ1v) is 11.6. The normalized spacial score (nSPS) is 29.1. The third-order valence-electron chi connectivity index (χ3n) is 6.68. The molecule has 2 fully saturated rings. The Morgan fingerprint density at radius 2 is 2.11 bits per heavy atom. The minimum atomic E-state index is -3.43. The highest BCUT2D eigenvalue weighted by Gasteiger charge is 2.39. The highest BCUT2D eigenvalue weighted by molar-refractivity contribution is 7.87. The van der Waals surface area contributed by atoms with Crippen LogP contribution < -0.4 is 4.72 Å². The SMILES string of the molecule is CN1C[C@H](CNS(=O)(=O)N2CCOCC2)C[C@@H]2c3cccc4[nH]cc(c34)C[C@H]21. The lowest BCUT2D eigenvalue weighted by molar-refractivity contribution is 0.0721. The third kappa shape index (κ3) is 3.17. The maximum atomic E-state index is 12.6. The van der Waals surface area contributed by atoms with Gasteiger partial charge in [0, 0.05) is 55.2 Å². The van der Waals surface area contributed by atoms with Gasteiger partial charge in [-0.2, -0.15) is 12.7 Å². The molecule has 0 amide bonds. The first-order valence-electron chi connectivity index (χ1n) is 10.1. The molecule has 0 spiro atoms. The van der Waals surface area contributed by atoms with Crippen molar-refractivity contribution in [3.8, 4) is 0 Å². The van der Waals surface area contributed by atoms with E-state index in [-0.39, 0.29) is 0 Å². The molecule has 7 nitrogen and oxygen atoms in total. The molecule has 0 saturated carbocycles. The third-order valence-corrected chi connectivity index (χ3v) is 8.25. The first-order chi connectivity index (χ1) is 13.5. The molecule has 2 N–H and O–H groups in total. The summed E-state index contributed by atoms with van der Waals surface area (Å²) in [5, 5.41) is 1.38. The summed E-state index contributed by atoms with van der Waals surface area (Å²) < 4.78 is 34.9. The maximum Gasteiger partial charge on any atom is 0.279 e. The molecular weight excluding hydrogens is 376 g/mol. The van der Waals surface area contributed by atoms with Crippen molar-refractivity contribution in [3.05, 3.63) is 35.5 Å². The predicted molar refractivity (Wildman–Crippen MR) is 109 cm³/mol. The van der Waals surface area contributed by atoms with Gasteiger partial charge in [-0.25, -0.2) is 4.72 Å². The van der Waals surface area contributed by atoms with Crippen molar-refractivity contribution in [1.29, 1.82) is 0 Å². The predicted octanol–water partition coefficient (Wildman–Crippen LogP) is 1.29. The molecule has 1 aromatic carbocycles. The fourth-order valence-electron chi connectivity index (χ4n) is 5.30. The molecule has 0 unspecified atom stereocenters. The molecule has 8 heteroatoms. The number of likely N-dealkylation sites (N-methyl/N-ethyl adjacent to an activating group) is 1. The van der Waals surface area contributed by atoms with E-state index in [1.54, 1.807) is 0 Å². The van der Waals surface area contributed by atoms with E-state index >= 15 is 0 Å². The van der Waals surface area contributed by atoms with Crippen molar-refractivity contribution >= 4 is 21.1 Å². The molecule has 2 aliphatic heterocycles. The van der Waals surface area contributed by atoms with Crippen LogP contribution in [0.3, 0.4) is 0 Å². The Hall–Kier alpha value is -1.45. The van der Waals surface area contributed by atoms with Gasteiger partial charge in [0.2, 0.25) is 0 Å². The number of ether oxygens (including phenoxy) is 1. The van der Waals surface area contributed by atoms with E-state index in [2.05, 4.69) is 46.0 Å². The van der Waals surface area contributed by atoms with Gasteiger partial charge >= 0.3 is 0 Å². The van der Waals surface area contributed by atoms with Crippen LogP contribution in [0, 0.1) is 5.92 Å². The van der Waals surface area contributed by atoms with Gasteiger partial charge in [0.1, 0.15) is 0 Å². The number of hydrogen-bond acceptors (Lipinski definition) is 4. The maximum absolute atomic E-state index is 12.6.